The molecule has 1 aliphatic rings. The van der Waals surface area contributed by atoms with Crippen LogP contribution in [-0.4, -0.2) is 38.2 Å². The molecule has 1 atom stereocenters. The Morgan fingerprint density at radius 1 is 1.29 bits per heavy atom. The van der Waals surface area contributed by atoms with Gasteiger partial charge in [0, 0.05) is 43.6 Å². The summed E-state index contributed by atoms with van der Waals surface area (Å²) in [4.78, 5) is 19.2. The Labute approximate surface area is 143 Å². The average Bonchev–Trinajstić information content (AvgIpc) is 3.04. The third-order valence-corrected chi connectivity index (χ3v) is 4.74. The van der Waals surface area contributed by atoms with E-state index in [-0.39, 0.29) is 5.91 Å². The molecule has 0 aromatic carbocycles. The maximum atomic E-state index is 12.7. The number of aromatic nitrogens is 3. The third kappa shape index (κ3) is 4.43. The fourth-order valence-electron chi connectivity index (χ4n) is 3.43. The Bertz CT molecular complexity index is 652. The van der Waals surface area contributed by atoms with E-state index in [1.54, 1.807) is 0 Å². The van der Waals surface area contributed by atoms with Crippen molar-refractivity contribution in [3.63, 3.8) is 0 Å². The van der Waals surface area contributed by atoms with E-state index in [9.17, 15) is 4.79 Å². The summed E-state index contributed by atoms with van der Waals surface area (Å²) in [5.74, 6) is 0.258. The molecular weight excluding hydrogens is 300 g/mol. The normalized spacial score (nSPS) is 17.9. The molecule has 0 spiro atoms. The third-order valence-electron chi connectivity index (χ3n) is 4.74. The lowest BCUT2D eigenvalue weighted by atomic mass is 9.96. The maximum Gasteiger partial charge on any atom is 0.224 e. The highest BCUT2D eigenvalue weighted by Crippen LogP contribution is 2.22. The first-order valence-electron chi connectivity index (χ1n) is 8.92. The molecular formula is C19H26N4O. The van der Waals surface area contributed by atoms with Crippen molar-refractivity contribution in [1.82, 2.24) is 19.7 Å². The molecule has 1 aliphatic heterocycles. The first-order valence-corrected chi connectivity index (χ1v) is 8.92. The van der Waals surface area contributed by atoms with E-state index < -0.39 is 0 Å². The molecule has 0 unspecified atom stereocenters. The van der Waals surface area contributed by atoms with Crippen LogP contribution in [0.1, 0.15) is 43.5 Å². The molecule has 0 saturated carbocycles. The van der Waals surface area contributed by atoms with Gasteiger partial charge in [0.1, 0.15) is 0 Å². The predicted octanol–water partition coefficient (Wildman–Crippen LogP) is 2.99. The molecule has 0 N–H and O–H groups in total. The molecule has 2 aromatic rings. The topological polar surface area (TPSA) is 51.0 Å². The molecule has 0 radical (unpaired) electrons. The minimum atomic E-state index is 0.258. The van der Waals surface area contributed by atoms with Crippen molar-refractivity contribution in [3.8, 4) is 0 Å². The number of hydrogen-bond donors (Lipinski definition) is 0. The van der Waals surface area contributed by atoms with Gasteiger partial charge in [-0.3, -0.25) is 14.5 Å². The lowest BCUT2D eigenvalue weighted by molar-refractivity contribution is -0.135. The van der Waals surface area contributed by atoms with Crippen LogP contribution in [-0.2, 0) is 17.8 Å². The Morgan fingerprint density at radius 2 is 2.21 bits per heavy atom. The molecule has 2 aromatic heterocycles. The first-order chi connectivity index (χ1) is 11.7. The maximum absolute atomic E-state index is 12.7. The lowest BCUT2D eigenvalue weighted by Gasteiger charge is -2.36. The zero-order chi connectivity index (χ0) is 16.8. The predicted molar refractivity (Wildman–Crippen MR) is 93.5 cm³/mol. The highest BCUT2D eigenvalue weighted by Gasteiger charge is 2.26. The van der Waals surface area contributed by atoms with Crippen LogP contribution >= 0.6 is 0 Å². The summed E-state index contributed by atoms with van der Waals surface area (Å²) in [6.45, 7) is 3.52. The van der Waals surface area contributed by atoms with E-state index in [0.717, 1.165) is 43.6 Å². The number of piperidine rings is 1. The van der Waals surface area contributed by atoms with E-state index in [4.69, 9.17) is 0 Å². The van der Waals surface area contributed by atoms with Gasteiger partial charge in [0.05, 0.1) is 5.69 Å². The van der Waals surface area contributed by atoms with Crippen molar-refractivity contribution >= 4 is 5.91 Å². The minimum absolute atomic E-state index is 0.258. The summed E-state index contributed by atoms with van der Waals surface area (Å²) < 4.78 is 1.86. The zero-order valence-electron chi connectivity index (χ0n) is 14.4. The van der Waals surface area contributed by atoms with Gasteiger partial charge in [-0.25, -0.2) is 0 Å². The van der Waals surface area contributed by atoms with E-state index >= 15 is 0 Å². The van der Waals surface area contributed by atoms with Crippen molar-refractivity contribution in [2.24, 2.45) is 0 Å². The largest absolute Gasteiger partial charge is 0.340 e. The van der Waals surface area contributed by atoms with Crippen LogP contribution < -0.4 is 0 Å². The van der Waals surface area contributed by atoms with Gasteiger partial charge in [0.25, 0.3) is 0 Å². The van der Waals surface area contributed by atoms with Crippen LogP contribution in [0.25, 0.3) is 0 Å². The zero-order valence-corrected chi connectivity index (χ0v) is 14.4. The van der Waals surface area contributed by atoms with Gasteiger partial charge in [-0.1, -0.05) is 6.07 Å². The number of amides is 1. The SMILES string of the molecule is Cc1ccn(CCC(=O)N2CCCC[C@H]2CCc2ccccn2)n1. The Morgan fingerprint density at radius 3 is 2.96 bits per heavy atom. The molecule has 5 nitrogen and oxygen atoms in total. The molecule has 1 amide bonds. The second kappa shape index (κ2) is 8.08. The number of hydrogen-bond acceptors (Lipinski definition) is 3. The van der Waals surface area contributed by atoms with Crippen LogP contribution in [0.5, 0.6) is 0 Å². The standard InChI is InChI=1S/C19H26N4O/c1-16-10-14-22(21-16)15-11-19(24)23-13-5-3-7-18(23)9-8-17-6-2-4-12-20-17/h2,4,6,10,12,14,18H,3,5,7-9,11,13,15H2,1H3/t18-/m0/s1. The lowest BCUT2D eigenvalue weighted by Crippen LogP contribution is -2.44. The highest BCUT2D eigenvalue weighted by atomic mass is 16.2. The minimum Gasteiger partial charge on any atom is -0.340 e. The van der Waals surface area contributed by atoms with Crippen molar-refractivity contribution in [1.29, 1.82) is 0 Å². The molecule has 0 aliphatic carbocycles. The Hall–Kier alpha value is -2.17. The molecule has 1 saturated heterocycles. The number of carbonyl (C=O) groups excluding carboxylic acids is 1. The van der Waals surface area contributed by atoms with Gasteiger partial charge in [-0.2, -0.15) is 5.10 Å². The number of rotatable bonds is 6. The van der Waals surface area contributed by atoms with Crippen molar-refractivity contribution < 1.29 is 4.79 Å². The van der Waals surface area contributed by atoms with Crippen LogP contribution in [0.4, 0.5) is 0 Å². The van der Waals surface area contributed by atoms with Gasteiger partial charge < -0.3 is 4.90 Å². The number of carbonyl (C=O) groups is 1. The van der Waals surface area contributed by atoms with Crippen LogP contribution in [0.15, 0.2) is 36.7 Å². The van der Waals surface area contributed by atoms with Gasteiger partial charge in [-0.05, 0) is 57.2 Å². The van der Waals surface area contributed by atoms with Crippen LogP contribution in [0.2, 0.25) is 0 Å². The highest BCUT2D eigenvalue weighted by molar-refractivity contribution is 5.76. The summed E-state index contributed by atoms with van der Waals surface area (Å²) in [6.07, 6.45) is 9.70. The molecule has 24 heavy (non-hydrogen) atoms. The molecule has 3 heterocycles. The van der Waals surface area contributed by atoms with Gasteiger partial charge in [0.15, 0.2) is 0 Å². The smallest absolute Gasteiger partial charge is 0.224 e. The summed E-state index contributed by atoms with van der Waals surface area (Å²) in [5.41, 5.74) is 2.11. The van der Waals surface area contributed by atoms with E-state index in [2.05, 4.69) is 21.0 Å². The molecule has 1 fully saturated rings. The first kappa shape index (κ1) is 16.7. The van der Waals surface area contributed by atoms with E-state index in [1.165, 1.54) is 6.42 Å². The second-order valence-corrected chi connectivity index (χ2v) is 6.57. The van der Waals surface area contributed by atoms with E-state index in [0.29, 0.717) is 19.0 Å². The van der Waals surface area contributed by atoms with Crippen LogP contribution in [0, 0.1) is 6.92 Å². The Balaban J connectivity index is 1.54. The quantitative estimate of drug-likeness (QED) is 0.820. The second-order valence-electron chi connectivity index (χ2n) is 6.57. The number of nitrogens with zero attached hydrogens (tertiary/aromatic N) is 4. The van der Waals surface area contributed by atoms with Crippen molar-refractivity contribution in [2.45, 2.75) is 58.0 Å². The summed E-state index contributed by atoms with van der Waals surface area (Å²) in [6, 6.07) is 8.36. The molecule has 5 heteroatoms. The van der Waals surface area contributed by atoms with Gasteiger partial charge in [0.2, 0.25) is 5.91 Å². The van der Waals surface area contributed by atoms with Crippen LogP contribution in [0.3, 0.4) is 0 Å². The van der Waals surface area contributed by atoms with Crippen molar-refractivity contribution in [2.75, 3.05) is 6.54 Å². The van der Waals surface area contributed by atoms with E-state index in [1.807, 2.05) is 42.2 Å². The summed E-state index contributed by atoms with van der Waals surface area (Å²) >= 11 is 0. The van der Waals surface area contributed by atoms with Gasteiger partial charge >= 0.3 is 0 Å². The summed E-state index contributed by atoms with van der Waals surface area (Å²) in [7, 11) is 0. The fourth-order valence-corrected chi connectivity index (χ4v) is 3.43. The molecule has 3 rings (SSSR count). The monoisotopic (exact) mass is 326 g/mol. The van der Waals surface area contributed by atoms with Gasteiger partial charge in [-0.15, -0.1) is 0 Å². The molecule has 0 bridgehead atoms. The molecule has 128 valence electrons. The number of pyridine rings is 1. The Kier molecular flexibility index (Phi) is 5.62. The van der Waals surface area contributed by atoms with Crippen molar-refractivity contribution in [3.05, 3.63) is 48.0 Å². The summed E-state index contributed by atoms with van der Waals surface area (Å²) in [5, 5.41) is 4.36. The average molecular weight is 326 g/mol. The number of aryl methyl sites for hydroxylation is 3. The number of likely N-dealkylation sites (tertiary alicyclic amines) is 1. The fraction of sp³-hybridized carbons (Fsp3) is 0.526.